The Hall–Kier alpha value is -2.51. The zero-order valence-electron chi connectivity index (χ0n) is 14.1. The Morgan fingerprint density at radius 2 is 2.00 bits per heavy atom. The summed E-state index contributed by atoms with van der Waals surface area (Å²) in [5, 5.41) is 5.33. The van der Waals surface area contributed by atoms with Crippen LogP contribution in [0.4, 0.5) is 18.9 Å². The summed E-state index contributed by atoms with van der Waals surface area (Å²) in [6.45, 7) is 6.43. The summed E-state index contributed by atoms with van der Waals surface area (Å²) in [4.78, 5) is 22.3. The largest absolute Gasteiger partial charge is 0.416 e. The lowest BCUT2D eigenvalue weighted by Gasteiger charge is -2.19. The van der Waals surface area contributed by atoms with E-state index in [2.05, 4.69) is 17.2 Å². The van der Waals surface area contributed by atoms with Crippen LogP contribution in [0, 0.1) is 5.92 Å². The molecule has 1 saturated heterocycles. The predicted octanol–water partition coefficient (Wildman–Crippen LogP) is 2.51. The zero-order valence-corrected chi connectivity index (χ0v) is 14.1. The third-order valence-electron chi connectivity index (χ3n) is 3.76. The minimum atomic E-state index is -4.36. The van der Waals surface area contributed by atoms with E-state index < -0.39 is 11.7 Å². The van der Waals surface area contributed by atoms with E-state index >= 15 is 0 Å². The molecule has 0 radical (unpaired) electrons. The topological polar surface area (TPSA) is 61.4 Å². The minimum Gasteiger partial charge on any atom is -0.380 e. The fraction of sp³-hybridized carbons (Fsp3) is 0.412. The number of nitrogens with one attached hydrogen (secondary N) is 2. The molecule has 0 saturated carbocycles. The van der Waals surface area contributed by atoms with Gasteiger partial charge >= 0.3 is 6.18 Å². The number of nitrogens with zero attached hydrogens (tertiary/aromatic N) is 1. The van der Waals surface area contributed by atoms with Crippen LogP contribution in [0.1, 0.15) is 12.5 Å². The number of rotatable bonds is 4. The smallest absolute Gasteiger partial charge is 0.380 e. The van der Waals surface area contributed by atoms with Gasteiger partial charge in [-0.05, 0) is 30.2 Å². The number of hydrogen-bond donors (Lipinski definition) is 2. The van der Waals surface area contributed by atoms with E-state index in [1.165, 1.54) is 12.1 Å². The second kappa shape index (κ2) is 9.10. The van der Waals surface area contributed by atoms with E-state index in [9.17, 15) is 18.0 Å². The highest BCUT2D eigenvalue weighted by Gasteiger charge is 2.33. The normalized spacial score (nSPS) is 19.5. The average Bonchev–Trinajstić information content (AvgIpc) is 2.94. The Balaban J connectivity index is 0.000000705. The highest BCUT2D eigenvalue weighted by atomic mass is 19.4. The predicted molar refractivity (Wildman–Crippen MR) is 89.9 cm³/mol. The third kappa shape index (κ3) is 6.13. The van der Waals surface area contributed by atoms with Gasteiger partial charge in [-0.1, -0.05) is 19.6 Å². The van der Waals surface area contributed by atoms with E-state index in [0.717, 1.165) is 12.1 Å². The second-order valence-corrected chi connectivity index (χ2v) is 5.66. The zero-order chi connectivity index (χ0) is 19.0. The van der Waals surface area contributed by atoms with Gasteiger partial charge in [-0.2, -0.15) is 13.2 Å². The van der Waals surface area contributed by atoms with Crippen LogP contribution in [0.3, 0.4) is 0 Å². The van der Waals surface area contributed by atoms with E-state index in [4.69, 9.17) is 4.79 Å². The Kier molecular flexibility index (Phi) is 7.47. The molecule has 1 unspecified atom stereocenters. The molecule has 1 heterocycles. The van der Waals surface area contributed by atoms with Crippen molar-refractivity contribution >= 4 is 18.0 Å². The van der Waals surface area contributed by atoms with E-state index in [0.29, 0.717) is 25.2 Å². The van der Waals surface area contributed by atoms with Crippen LogP contribution in [0.5, 0.6) is 0 Å². The molecule has 1 aliphatic heterocycles. The van der Waals surface area contributed by atoms with Crippen molar-refractivity contribution in [3.8, 4) is 0 Å². The molecule has 8 heteroatoms. The summed E-state index contributed by atoms with van der Waals surface area (Å²) in [5.74, 6) is -0.00126. The van der Waals surface area contributed by atoms with Crippen LogP contribution in [-0.4, -0.2) is 43.4 Å². The number of anilines is 1. The Morgan fingerprint density at radius 3 is 2.52 bits per heavy atom. The molecule has 2 amide bonds. The molecule has 1 aromatic rings. The number of amides is 2. The molecule has 0 spiro atoms. The van der Waals surface area contributed by atoms with Gasteiger partial charge in [0.05, 0.1) is 5.56 Å². The van der Waals surface area contributed by atoms with Crippen LogP contribution >= 0.6 is 0 Å². The number of hydrogen-bond acceptors (Lipinski definition) is 3. The van der Waals surface area contributed by atoms with Crippen molar-refractivity contribution in [3.63, 3.8) is 0 Å². The van der Waals surface area contributed by atoms with Crippen LogP contribution in [-0.2, 0) is 15.8 Å². The van der Waals surface area contributed by atoms with Crippen LogP contribution in [0.25, 0.3) is 0 Å². The van der Waals surface area contributed by atoms with Crippen molar-refractivity contribution < 1.29 is 22.8 Å². The summed E-state index contributed by atoms with van der Waals surface area (Å²) >= 11 is 0. The Morgan fingerprint density at radius 1 is 1.36 bits per heavy atom. The molecule has 25 heavy (non-hydrogen) atoms. The quantitative estimate of drug-likeness (QED) is 0.643. The first-order valence-electron chi connectivity index (χ1n) is 7.69. The highest BCUT2D eigenvalue weighted by molar-refractivity contribution is 5.87. The van der Waals surface area contributed by atoms with E-state index in [1.54, 1.807) is 18.0 Å². The fourth-order valence-corrected chi connectivity index (χ4v) is 2.46. The Labute approximate surface area is 144 Å². The summed E-state index contributed by atoms with van der Waals surface area (Å²) in [6, 6.07) is 5.02. The number of carbonyl (C=O) groups is 2. The van der Waals surface area contributed by atoms with Gasteiger partial charge in [0.25, 0.3) is 0 Å². The maximum atomic E-state index is 12.7. The lowest BCUT2D eigenvalue weighted by molar-refractivity contribution is -0.137. The molecule has 2 atom stereocenters. The van der Waals surface area contributed by atoms with Gasteiger partial charge in [0.1, 0.15) is 0 Å². The van der Waals surface area contributed by atoms with Crippen molar-refractivity contribution in [1.29, 1.82) is 0 Å². The lowest BCUT2D eigenvalue weighted by Crippen LogP contribution is -2.30. The molecule has 2 rings (SSSR count). The van der Waals surface area contributed by atoms with Crippen molar-refractivity contribution in [1.82, 2.24) is 10.2 Å². The van der Waals surface area contributed by atoms with Crippen LogP contribution in [0.15, 0.2) is 36.9 Å². The van der Waals surface area contributed by atoms with Gasteiger partial charge < -0.3 is 15.5 Å². The molecule has 0 aliphatic carbocycles. The average molecular weight is 357 g/mol. The molecule has 0 bridgehead atoms. The standard InChI is InChI=1S/C15H17F3N2O.C2H5NO/c1-3-14(21)20-8-10(2)13(9-20)19-12-6-4-5-11(7-12)15(16,17)18;1-3-2-4/h3-7,10,13,19H,1,8-9H2,2H3;2H,1H3,(H,3,4)/t10-,13?;/m1./s1. The molecular formula is C17H22F3N3O2. The summed E-state index contributed by atoms with van der Waals surface area (Å²) in [5.41, 5.74) is -0.272. The molecule has 1 aliphatic rings. The summed E-state index contributed by atoms with van der Waals surface area (Å²) in [6.07, 6.45) is -2.48. The maximum Gasteiger partial charge on any atom is 0.416 e. The third-order valence-corrected chi connectivity index (χ3v) is 3.76. The minimum absolute atomic E-state index is 0.0719. The Bertz CT molecular complexity index is 605. The maximum absolute atomic E-state index is 12.7. The molecule has 2 N–H and O–H groups in total. The fourth-order valence-electron chi connectivity index (χ4n) is 2.46. The summed E-state index contributed by atoms with van der Waals surface area (Å²) in [7, 11) is 1.56. The van der Waals surface area contributed by atoms with Gasteiger partial charge in [-0.15, -0.1) is 0 Å². The second-order valence-electron chi connectivity index (χ2n) is 5.66. The van der Waals surface area contributed by atoms with Crippen molar-refractivity contribution in [2.24, 2.45) is 5.92 Å². The number of carbonyl (C=O) groups excluding carboxylic acids is 2. The SMILES string of the molecule is C=CC(=O)N1CC(Nc2cccc(C(F)(F)F)c2)[C@H](C)C1.CNC=O. The van der Waals surface area contributed by atoms with Gasteiger partial charge in [-0.3, -0.25) is 9.59 Å². The van der Waals surface area contributed by atoms with Crippen molar-refractivity contribution in [2.75, 3.05) is 25.5 Å². The number of likely N-dealkylation sites (tertiary alicyclic amines) is 1. The highest BCUT2D eigenvalue weighted by Crippen LogP contribution is 2.31. The van der Waals surface area contributed by atoms with Gasteiger partial charge in [-0.25, -0.2) is 0 Å². The van der Waals surface area contributed by atoms with Crippen LogP contribution < -0.4 is 10.6 Å². The van der Waals surface area contributed by atoms with Gasteiger partial charge in [0.2, 0.25) is 12.3 Å². The lowest BCUT2D eigenvalue weighted by atomic mass is 10.1. The van der Waals surface area contributed by atoms with E-state index in [1.807, 2.05) is 6.92 Å². The number of halogens is 3. The van der Waals surface area contributed by atoms with Crippen molar-refractivity contribution in [3.05, 3.63) is 42.5 Å². The van der Waals surface area contributed by atoms with Crippen LogP contribution in [0.2, 0.25) is 0 Å². The van der Waals surface area contributed by atoms with E-state index in [-0.39, 0.29) is 17.9 Å². The molecule has 1 fully saturated rings. The monoisotopic (exact) mass is 357 g/mol. The van der Waals surface area contributed by atoms with Crippen molar-refractivity contribution in [2.45, 2.75) is 19.1 Å². The first kappa shape index (κ1) is 20.5. The first-order valence-corrected chi connectivity index (χ1v) is 7.69. The summed E-state index contributed by atoms with van der Waals surface area (Å²) < 4.78 is 38.0. The first-order chi connectivity index (χ1) is 11.7. The molecule has 1 aromatic carbocycles. The number of benzene rings is 1. The molecule has 5 nitrogen and oxygen atoms in total. The molecular weight excluding hydrogens is 335 g/mol. The van der Waals surface area contributed by atoms with Gasteiger partial charge in [0, 0.05) is 31.9 Å². The van der Waals surface area contributed by atoms with Gasteiger partial charge in [0.15, 0.2) is 0 Å². The molecule has 138 valence electrons. The number of alkyl halides is 3. The molecule has 0 aromatic heterocycles.